The lowest BCUT2D eigenvalue weighted by Crippen LogP contribution is -2.60. The molecule has 0 saturated carbocycles. The number of amides is 16. The van der Waals surface area contributed by atoms with Crippen LogP contribution in [0.25, 0.3) is 21.8 Å². The zero-order chi connectivity index (χ0) is 102. The number of fused-ring (bicyclic) bond motifs is 4. The van der Waals surface area contributed by atoms with Crippen LogP contribution in [-0.4, -0.2) is 320 Å². The molecule has 45 heteroatoms. The monoisotopic (exact) mass is 1950 g/mol. The molecule has 21 N–H and O–H groups in total. The summed E-state index contributed by atoms with van der Waals surface area (Å²) in [5.41, 5.74) is 19.9. The molecule has 3 aromatic carbocycles. The van der Waals surface area contributed by atoms with Gasteiger partial charge in [-0.2, -0.15) is 0 Å². The molecule has 3 aliphatic heterocycles. The number of phenols is 1. The number of unbranched alkanes of at least 4 members (excludes halogenated alkanes) is 2. The number of hydrogen-bond acceptors (Lipinski definition) is 24. The number of rotatable bonds is 28. The number of phenolic OH excluding ortho intramolecular Hbond substituents is 1. The smallest absolute Gasteiger partial charge is 0.323 e. The number of carbonyl (C=O) groups is 19. The number of aliphatic carboxylic acids is 2. The Kier molecular flexibility index (Phi) is 40.3. The van der Waals surface area contributed by atoms with Crippen molar-refractivity contribution in [2.75, 3.05) is 58.8 Å². The third-order valence-corrected chi connectivity index (χ3v) is 26.1. The number of aliphatic hydroxyl groups is 1. The van der Waals surface area contributed by atoms with Gasteiger partial charge in [-0.15, -0.1) is 11.8 Å². The van der Waals surface area contributed by atoms with Gasteiger partial charge in [0.25, 0.3) is 0 Å². The molecule has 0 spiro atoms. The van der Waals surface area contributed by atoms with Gasteiger partial charge in [-0.05, 0) is 112 Å². The Labute approximate surface area is 806 Å². The van der Waals surface area contributed by atoms with Crippen LogP contribution in [0.1, 0.15) is 153 Å². The summed E-state index contributed by atoms with van der Waals surface area (Å²) in [4.78, 5) is 292. The average Bonchev–Trinajstić information content (AvgIpc) is 1.66. The van der Waals surface area contributed by atoms with Crippen LogP contribution in [0.2, 0.25) is 0 Å². The molecule has 6 aromatic rings. The molecule has 3 fully saturated rings. The first kappa shape index (κ1) is 109. The predicted molar refractivity (Wildman–Crippen MR) is 507 cm³/mol. The molecule has 139 heavy (non-hydrogen) atoms. The highest BCUT2D eigenvalue weighted by Gasteiger charge is 2.47. The summed E-state index contributed by atoms with van der Waals surface area (Å²) in [5, 5.41) is 67.0. The number of nitrogens with two attached hydrogens (primary N) is 3. The van der Waals surface area contributed by atoms with E-state index < -0.39 is 272 Å². The summed E-state index contributed by atoms with van der Waals surface area (Å²) in [6, 6.07) is -1.50. The largest absolute Gasteiger partial charge is 0.508 e. The van der Waals surface area contributed by atoms with E-state index in [2.05, 4.69) is 62.8 Å². The fourth-order valence-corrected chi connectivity index (χ4v) is 18.4. The zero-order valence-corrected chi connectivity index (χ0v) is 80.0. The third-order valence-electron chi connectivity index (χ3n) is 25.1. The number of aromatic nitrogens is 4. The maximum absolute atomic E-state index is 16.0. The molecule has 15 atom stereocenters. The number of aliphatic hydroxyl groups excluding tert-OH is 1. The number of para-hydroxylation sites is 2. The number of H-pyrrole nitrogens is 2. The fourth-order valence-electron chi connectivity index (χ4n) is 17.5. The number of likely N-dealkylation sites (N-methyl/N-ethyl adjacent to an activating group) is 3. The van der Waals surface area contributed by atoms with E-state index in [0.717, 1.165) is 36.3 Å². The number of thioether (sulfide) groups is 1. The molecule has 0 radical (unpaired) electrons. The summed E-state index contributed by atoms with van der Waals surface area (Å²) >= 11 is 0.766. The topological polar surface area (TPSA) is 657 Å². The van der Waals surface area contributed by atoms with Gasteiger partial charge in [-0.3, -0.25) is 91.1 Å². The molecule has 44 nitrogen and oxygen atoms in total. The second-order valence-electron chi connectivity index (χ2n) is 36.0. The molecule has 754 valence electrons. The number of Topliss-reactive ketones (excluding diaryl/α,β-unsaturated/α-hetero) is 1. The van der Waals surface area contributed by atoms with Crippen LogP contribution < -0.4 is 65.1 Å². The van der Waals surface area contributed by atoms with Crippen molar-refractivity contribution in [3.63, 3.8) is 0 Å². The number of imidazole rings is 1. The Hall–Kier alpha value is -13.9. The van der Waals surface area contributed by atoms with Crippen molar-refractivity contribution < 1.29 is 112 Å². The van der Waals surface area contributed by atoms with Crippen LogP contribution in [0.15, 0.2) is 97.7 Å². The molecule has 0 unspecified atom stereocenters. The van der Waals surface area contributed by atoms with E-state index in [1.807, 2.05) is 13.8 Å². The van der Waals surface area contributed by atoms with Gasteiger partial charge in [0.2, 0.25) is 94.5 Å². The lowest BCUT2D eigenvalue weighted by molar-refractivity contribution is -0.149. The van der Waals surface area contributed by atoms with Gasteiger partial charge in [-0.25, -0.2) is 4.98 Å². The van der Waals surface area contributed by atoms with E-state index >= 15 is 38.4 Å². The lowest BCUT2D eigenvalue weighted by atomic mass is 9.90. The molecule has 9 rings (SSSR count). The quantitative estimate of drug-likeness (QED) is 0.0271. The fraction of sp³-hybridized carbons (Fsp3) is 0.532. The van der Waals surface area contributed by atoms with Crippen molar-refractivity contribution in [2.45, 2.75) is 248 Å². The number of carbonyl (C=O) groups excluding carboxylic acids is 17. The average molecular weight is 1950 g/mol. The number of aromatic hydroxyl groups is 1. The number of nitrogens with one attached hydrogen (secondary N) is 11. The number of hydrogen-bond donors (Lipinski definition) is 18. The van der Waals surface area contributed by atoms with Gasteiger partial charge in [0.15, 0.2) is 5.78 Å². The Bertz CT molecular complexity index is 5420. The number of aromatic amines is 2. The molecular weight excluding hydrogens is 1820 g/mol. The standard InChI is InChI=1S/C94H129N21O23S/c1-9-11-21-72-88(132)105-65(34-51(3)4)86(130)109-70(84(128)100-44-78(97)120)48-139-49-79(121)102-67(35-53-25-27-58(116)28-26-53)90(134)110(6)52(5)82(126)107-69(41-80(122)123)93(137)114-33-17-24-73(114)89(133)106-66(39-57-43-98-50-101-57)87(131)104-64(29-30-77(96)119)92(136)115-46-59(117)40-75(115)76(118)38-54(36-55-42-99-62-20-15-13-18-60(55)62)83(127)103-63(31-32-95)85(129)108-68(91(135)112(8)74(22-12-10-2)94(138)111(72)7)37-56-45-113(47-81(124)125)71-23-16-14-19-61(56)71/h13-16,18-20,23,25-28,42-43,45,50-52,54,59,63-70,72-75,99,116-117H,9-12,17,21-22,24,29-41,44,46-49,95H2,1-8H3,(H2,96,119)(H2,97,120)(H,98,101)(H,100,128)(H,102,121)(H,103,127)(H,104,131)(H,105,132)(H,106,133)(H,107,126)(H,108,129)(H,109,130)(H,122,123)(H,124,125)/t52-,54+,59+,63-,64-,65-,66-,67-,68-,69-,70-,72-,73-,74-,75-/m0/s1. The minimum atomic E-state index is -1.94. The highest BCUT2D eigenvalue weighted by Crippen LogP contribution is 2.31. The Morgan fingerprint density at radius 2 is 1.19 bits per heavy atom. The normalized spacial score (nSPS) is 24.5. The molecule has 6 heterocycles. The summed E-state index contributed by atoms with van der Waals surface area (Å²) in [6.07, 6.45) is 0.827. The van der Waals surface area contributed by atoms with Crippen LogP contribution in [0.5, 0.6) is 5.75 Å². The molecule has 16 amide bonds. The second-order valence-corrected chi connectivity index (χ2v) is 37.0. The first-order chi connectivity index (χ1) is 66.1. The van der Waals surface area contributed by atoms with Gasteiger partial charge in [0, 0.05) is 131 Å². The van der Waals surface area contributed by atoms with Gasteiger partial charge >= 0.3 is 11.9 Å². The van der Waals surface area contributed by atoms with Crippen LogP contribution in [0.3, 0.4) is 0 Å². The highest BCUT2D eigenvalue weighted by molar-refractivity contribution is 8.00. The van der Waals surface area contributed by atoms with Crippen LogP contribution >= 0.6 is 11.8 Å². The summed E-state index contributed by atoms with van der Waals surface area (Å²) in [5.74, 6) is -21.9. The van der Waals surface area contributed by atoms with Crippen molar-refractivity contribution in [1.82, 2.24) is 91.9 Å². The van der Waals surface area contributed by atoms with E-state index in [1.54, 1.807) is 68.6 Å². The predicted octanol–water partition coefficient (Wildman–Crippen LogP) is -1.32. The summed E-state index contributed by atoms with van der Waals surface area (Å²) in [7, 11) is 3.86. The maximum atomic E-state index is 16.0. The van der Waals surface area contributed by atoms with Crippen molar-refractivity contribution >= 4 is 146 Å². The molecule has 0 aliphatic carbocycles. The molecule has 3 aromatic heterocycles. The number of benzene rings is 3. The van der Waals surface area contributed by atoms with E-state index in [0.29, 0.717) is 64.2 Å². The Balaban J connectivity index is 1.12. The van der Waals surface area contributed by atoms with Crippen LogP contribution in [-0.2, 0) is 123 Å². The van der Waals surface area contributed by atoms with Gasteiger partial charge < -0.3 is 125 Å². The second kappa shape index (κ2) is 51.5. The summed E-state index contributed by atoms with van der Waals surface area (Å²) < 4.78 is 1.43. The van der Waals surface area contributed by atoms with Crippen molar-refractivity contribution in [3.05, 3.63) is 120 Å². The Morgan fingerprint density at radius 1 is 0.583 bits per heavy atom. The third kappa shape index (κ3) is 30.3. The van der Waals surface area contributed by atoms with Crippen molar-refractivity contribution in [1.29, 1.82) is 0 Å². The number of nitrogens with zero attached hydrogens (tertiary/aromatic N) is 7. The summed E-state index contributed by atoms with van der Waals surface area (Å²) in [6.45, 7) is 6.10. The molecule has 3 saturated heterocycles. The number of ketones is 1. The van der Waals surface area contributed by atoms with Crippen molar-refractivity contribution in [2.24, 2.45) is 29.0 Å². The van der Waals surface area contributed by atoms with Crippen LogP contribution in [0.4, 0.5) is 0 Å². The SMILES string of the molecule is CCCC[C@H]1C(=O)N(C)[C@@H](CCCC)C(=O)N[C@@H](CC(C)C)C(=O)N[C@H](C(=O)NCC(N)=O)CSCC(=O)N[C@@H](Cc2ccc(O)cc2)C(=O)N(C)[C@@H](C)C(=O)N[C@@H](CC(=O)O)C(=O)N2CCC[C@H]2C(=O)N[C@@H](Cc2cnc[nH]2)C(=O)N[C@@H](CCC(N)=O)C(=O)N2C[C@H](O)C[C@H]2C(=O)C[C@@H](Cc2c[nH]c3ccccc23)C(=O)N[C@@H](CCN)C(=O)N[C@@H](Cc2cn(CC(=O)O)c3ccccc23)C(=O)N1C. The van der Waals surface area contributed by atoms with E-state index in [1.165, 1.54) is 75.6 Å². The number of carboxylic acid groups (broad SMARTS) is 2. The molecular formula is C94H129N21O23S. The van der Waals surface area contributed by atoms with Crippen LogP contribution in [0, 0.1) is 11.8 Å². The Morgan fingerprint density at radius 3 is 1.85 bits per heavy atom. The van der Waals surface area contributed by atoms with E-state index in [9.17, 15) is 73.2 Å². The van der Waals surface area contributed by atoms with E-state index in [4.69, 9.17) is 17.2 Å². The molecule has 3 aliphatic rings. The number of primary amides is 2. The van der Waals surface area contributed by atoms with Gasteiger partial charge in [0.1, 0.15) is 84.8 Å². The van der Waals surface area contributed by atoms with Gasteiger partial charge in [0.05, 0.1) is 37.2 Å². The number of carboxylic acids is 2. The first-order valence-corrected chi connectivity index (χ1v) is 47.7. The van der Waals surface area contributed by atoms with Gasteiger partial charge in [-0.1, -0.05) is 102 Å². The maximum Gasteiger partial charge on any atom is 0.323 e. The first-order valence-electron chi connectivity index (χ1n) is 46.6. The zero-order valence-electron chi connectivity index (χ0n) is 79.2. The minimum Gasteiger partial charge on any atom is -0.508 e. The van der Waals surface area contributed by atoms with E-state index in [-0.39, 0.29) is 88.2 Å². The molecule has 0 bridgehead atoms. The highest BCUT2D eigenvalue weighted by atomic mass is 32.2. The van der Waals surface area contributed by atoms with Crippen molar-refractivity contribution in [3.8, 4) is 5.75 Å². The minimum absolute atomic E-state index is 0.0107. The lowest BCUT2D eigenvalue weighted by Gasteiger charge is -2.36.